The average Bonchev–Trinajstić information content (AvgIpc) is 2.80. The number of hydrogen-bond acceptors (Lipinski definition) is 4. The highest BCUT2D eigenvalue weighted by molar-refractivity contribution is 5.89. The molecule has 0 aromatic carbocycles. The summed E-state index contributed by atoms with van der Waals surface area (Å²) in [6.45, 7) is 4.15. The van der Waals surface area contributed by atoms with Gasteiger partial charge < -0.3 is 4.74 Å². The van der Waals surface area contributed by atoms with Gasteiger partial charge in [0.2, 0.25) is 5.95 Å². The number of nitrogens with zero attached hydrogens (tertiary/aromatic N) is 3. The summed E-state index contributed by atoms with van der Waals surface area (Å²) in [5, 5.41) is 0. The number of carbonyl (C=O) groups excluding carboxylic acids is 1. The minimum atomic E-state index is -0.540. The van der Waals surface area contributed by atoms with Crippen molar-refractivity contribution < 1.29 is 13.9 Å². The zero-order chi connectivity index (χ0) is 16.4. The van der Waals surface area contributed by atoms with Gasteiger partial charge in [-0.3, -0.25) is 4.90 Å². The van der Waals surface area contributed by atoms with Crippen molar-refractivity contribution in [3.05, 3.63) is 53.7 Å². The first-order valence-electron chi connectivity index (χ1n) is 7.03. The summed E-state index contributed by atoms with van der Waals surface area (Å²) in [5.74, 6) is 5.77. The molecule has 0 saturated carbocycles. The van der Waals surface area contributed by atoms with Gasteiger partial charge in [0.05, 0.1) is 6.54 Å². The molecule has 1 saturated heterocycles. The number of pyridine rings is 2. The maximum atomic E-state index is 12.7. The van der Waals surface area contributed by atoms with E-state index in [1.165, 1.54) is 17.2 Å². The topological polar surface area (TPSA) is 55.3 Å². The second-order valence-corrected chi connectivity index (χ2v) is 5.74. The van der Waals surface area contributed by atoms with Crippen molar-refractivity contribution in [2.24, 2.45) is 0 Å². The SMILES string of the molecule is CC1(C)CN(c2ccc(C#Cc3ccc(F)nc3)cn2)C(=O)O1. The van der Waals surface area contributed by atoms with E-state index in [0.717, 1.165) is 0 Å². The van der Waals surface area contributed by atoms with Crippen LogP contribution >= 0.6 is 0 Å². The Hall–Kier alpha value is -2.94. The fourth-order valence-electron chi connectivity index (χ4n) is 2.16. The molecule has 0 aliphatic carbocycles. The van der Waals surface area contributed by atoms with Crippen molar-refractivity contribution >= 4 is 11.9 Å². The number of halogens is 1. The van der Waals surface area contributed by atoms with Crippen molar-refractivity contribution in [1.29, 1.82) is 0 Å². The first kappa shape index (κ1) is 15.0. The van der Waals surface area contributed by atoms with Crippen molar-refractivity contribution in [3.63, 3.8) is 0 Å². The summed E-state index contributed by atoms with van der Waals surface area (Å²) in [4.78, 5) is 21.1. The zero-order valence-electron chi connectivity index (χ0n) is 12.7. The van der Waals surface area contributed by atoms with Crippen LogP contribution in [0.5, 0.6) is 0 Å². The third-order valence-corrected chi connectivity index (χ3v) is 3.23. The standard InChI is InChI=1S/C17H14FN3O2/c1-17(2)11-21(16(22)23-17)15-8-6-13(10-20-15)4-3-12-5-7-14(18)19-9-12/h5-10H,11H2,1-2H3. The lowest BCUT2D eigenvalue weighted by Gasteiger charge is -2.14. The number of carbonyl (C=O) groups is 1. The molecule has 2 aromatic heterocycles. The van der Waals surface area contributed by atoms with Crippen LogP contribution in [0.2, 0.25) is 0 Å². The quantitative estimate of drug-likeness (QED) is 0.600. The number of cyclic esters (lactones) is 1. The summed E-state index contributed by atoms with van der Waals surface area (Å²) in [6.07, 6.45) is 2.54. The van der Waals surface area contributed by atoms with Gasteiger partial charge in [0.15, 0.2) is 0 Å². The van der Waals surface area contributed by atoms with E-state index in [1.54, 1.807) is 24.4 Å². The minimum Gasteiger partial charge on any atom is -0.441 e. The molecule has 0 unspecified atom stereocenters. The van der Waals surface area contributed by atoms with Crippen LogP contribution in [0.4, 0.5) is 15.0 Å². The van der Waals surface area contributed by atoms with Gasteiger partial charge in [-0.25, -0.2) is 14.8 Å². The minimum absolute atomic E-state index is 0.404. The lowest BCUT2D eigenvalue weighted by atomic mass is 10.1. The van der Waals surface area contributed by atoms with E-state index in [0.29, 0.717) is 23.5 Å². The highest BCUT2D eigenvalue weighted by Gasteiger charge is 2.38. The number of amides is 1. The Labute approximate surface area is 133 Å². The maximum absolute atomic E-state index is 12.7. The van der Waals surface area contributed by atoms with Gasteiger partial charge in [-0.2, -0.15) is 4.39 Å². The van der Waals surface area contributed by atoms with Crippen LogP contribution in [0.25, 0.3) is 0 Å². The molecule has 1 fully saturated rings. The van der Waals surface area contributed by atoms with Crippen molar-refractivity contribution in [2.75, 3.05) is 11.4 Å². The molecule has 116 valence electrons. The lowest BCUT2D eigenvalue weighted by Crippen LogP contribution is -2.28. The van der Waals surface area contributed by atoms with Crippen LogP contribution < -0.4 is 4.90 Å². The summed E-state index contributed by atoms with van der Waals surface area (Å²) in [6, 6.07) is 6.30. The van der Waals surface area contributed by atoms with Gasteiger partial charge >= 0.3 is 6.09 Å². The van der Waals surface area contributed by atoms with Crippen molar-refractivity contribution in [3.8, 4) is 11.8 Å². The predicted molar refractivity (Wildman–Crippen MR) is 82.3 cm³/mol. The molecular weight excluding hydrogens is 297 g/mol. The molecule has 23 heavy (non-hydrogen) atoms. The lowest BCUT2D eigenvalue weighted by molar-refractivity contribution is 0.0871. The van der Waals surface area contributed by atoms with Crippen LogP contribution in [-0.2, 0) is 4.74 Å². The van der Waals surface area contributed by atoms with Crippen LogP contribution in [0.3, 0.4) is 0 Å². The third kappa shape index (κ3) is 3.46. The van der Waals surface area contributed by atoms with Gasteiger partial charge in [0, 0.05) is 23.5 Å². The summed E-state index contributed by atoms with van der Waals surface area (Å²) in [5.41, 5.74) is 0.776. The molecule has 1 aliphatic heterocycles. The highest BCUT2D eigenvalue weighted by Crippen LogP contribution is 2.25. The van der Waals surface area contributed by atoms with E-state index >= 15 is 0 Å². The molecule has 1 aliphatic rings. The second-order valence-electron chi connectivity index (χ2n) is 5.74. The average molecular weight is 311 g/mol. The molecule has 3 heterocycles. The summed E-state index contributed by atoms with van der Waals surface area (Å²) < 4.78 is 18.0. The van der Waals surface area contributed by atoms with Crippen molar-refractivity contribution in [2.45, 2.75) is 19.4 Å². The van der Waals surface area contributed by atoms with E-state index in [1.807, 2.05) is 13.8 Å². The molecule has 0 spiro atoms. The first-order valence-corrected chi connectivity index (χ1v) is 7.03. The fraction of sp³-hybridized carbons (Fsp3) is 0.235. The molecule has 3 rings (SSSR count). The number of ether oxygens (including phenoxy) is 1. The molecule has 0 N–H and O–H groups in total. The van der Waals surface area contributed by atoms with Crippen LogP contribution in [-0.4, -0.2) is 28.2 Å². The Morgan fingerprint density at radius 1 is 1.13 bits per heavy atom. The van der Waals surface area contributed by atoms with Crippen molar-refractivity contribution in [1.82, 2.24) is 9.97 Å². The zero-order valence-corrected chi connectivity index (χ0v) is 12.7. The van der Waals surface area contributed by atoms with E-state index in [9.17, 15) is 9.18 Å². The number of hydrogen-bond donors (Lipinski definition) is 0. The normalized spacial score (nSPS) is 15.8. The van der Waals surface area contributed by atoms with Gasteiger partial charge in [-0.15, -0.1) is 0 Å². The second kappa shape index (κ2) is 5.69. The maximum Gasteiger partial charge on any atom is 0.416 e. The highest BCUT2D eigenvalue weighted by atomic mass is 19.1. The summed E-state index contributed by atoms with van der Waals surface area (Å²) >= 11 is 0. The molecule has 0 atom stereocenters. The Bertz CT molecular complexity index is 789. The molecular formula is C17H14FN3O2. The smallest absolute Gasteiger partial charge is 0.416 e. The molecule has 2 aromatic rings. The predicted octanol–water partition coefficient (Wildman–Crippen LogP) is 2.75. The Kier molecular flexibility index (Phi) is 3.70. The molecule has 0 bridgehead atoms. The third-order valence-electron chi connectivity index (χ3n) is 3.23. The van der Waals surface area contributed by atoms with E-state index in [2.05, 4.69) is 21.8 Å². The van der Waals surface area contributed by atoms with E-state index < -0.39 is 17.6 Å². The monoisotopic (exact) mass is 311 g/mol. The van der Waals surface area contributed by atoms with Crippen LogP contribution in [0.1, 0.15) is 25.0 Å². The number of anilines is 1. The fourth-order valence-corrected chi connectivity index (χ4v) is 2.16. The van der Waals surface area contributed by atoms with Crippen LogP contribution in [0.15, 0.2) is 36.7 Å². The molecule has 1 amide bonds. The van der Waals surface area contributed by atoms with Crippen LogP contribution in [0, 0.1) is 17.8 Å². The molecule has 0 radical (unpaired) electrons. The summed E-state index contributed by atoms with van der Waals surface area (Å²) in [7, 11) is 0. The number of aromatic nitrogens is 2. The van der Waals surface area contributed by atoms with Gasteiger partial charge in [0.25, 0.3) is 0 Å². The molecule has 5 nitrogen and oxygen atoms in total. The Morgan fingerprint density at radius 2 is 1.78 bits per heavy atom. The van der Waals surface area contributed by atoms with E-state index in [4.69, 9.17) is 4.74 Å². The number of rotatable bonds is 1. The van der Waals surface area contributed by atoms with Gasteiger partial charge in [-0.1, -0.05) is 11.8 Å². The Balaban J connectivity index is 1.76. The first-order chi connectivity index (χ1) is 10.9. The Morgan fingerprint density at radius 3 is 2.26 bits per heavy atom. The van der Waals surface area contributed by atoms with E-state index in [-0.39, 0.29) is 0 Å². The largest absolute Gasteiger partial charge is 0.441 e. The molecule has 6 heteroatoms. The van der Waals surface area contributed by atoms with Gasteiger partial charge in [-0.05, 0) is 38.1 Å². The van der Waals surface area contributed by atoms with Gasteiger partial charge in [0.1, 0.15) is 11.4 Å².